The number of Topliss-reactive ketones (excluding diaryl/α,β-unsaturated/α-hetero) is 1. The lowest BCUT2D eigenvalue weighted by atomic mass is 9.67. The van der Waals surface area contributed by atoms with Crippen LogP contribution in [0.15, 0.2) is 11.1 Å². The van der Waals surface area contributed by atoms with Gasteiger partial charge in [0.25, 0.3) is 0 Å². The fraction of sp³-hybridized carbons (Fsp3) is 0.545. The van der Waals surface area contributed by atoms with Crippen molar-refractivity contribution in [1.82, 2.24) is 0 Å². The lowest BCUT2D eigenvalue weighted by Gasteiger charge is -2.33. The molecule has 0 spiro atoms. The van der Waals surface area contributed by atoms with Crippen LogP contribution >= 0.6 is 0 Å². The third-order valence-corrected chi connectivity index (χ3v) is 2.74. The number of carbonyl (C=O) groups excluding carboxylic acids is 1. The zero-order valence-electron chi connectivity index (χ0n) is 8.59. The van der Waals surface area contributed by atoms with E-state index < -0.39 is 0 Å². The Morgan fingerprint density at radius 3 is 2.43 bits per heavy atom. The molecule has 3 heteroatoms. The number of hydrogen-bond acceptors (Lipinski definition) is 3. The molecule has 1 aliphatic rings. The predicted molar refractivity (Wildman–Crippen MR) is 50.8 cm³/mol. The van der Waals surface area contributed by atoms with Crippen LogP contribution in [0.2, 0.25) is 0 Å². The number of rotatable bonds is 0. The number of allylic oxidation sites excluding steroid dienone is 2. The molecular weight excluding hydrogens is 176 g/mol. The molecule has 0 heterocycles. The molecule has 1 unspecified atom stereocenters. The molecule has 1 rings (SSSR count). The first-order chi connectivity index (χ1) is 6.44. The van der Waals surface area contributed by atoms with Gasteiger partial charge in [-0.1, -0.05) is 13.8 Å². The van der Waals surface area contributed by atoms with E-state index in [1.54, 1.807) is 6.92 Å². The smallest absolute Gasteiger partial charge is 0.173 e. The highest BCUT2D eigenvalue weighted by atomic mass is 16.1. The summed E-state index contributed by atoms with van der Waals surface area (Å²) < 4.78 is 0. The molecule has 0 saturated heterocycles. The molecule has 14 heavy (non-hydrogen) atoms. The van der Waals surface area contributed by atoms with Gasteiger partial charge in [0.05, 0.1) is 17.6 Å². The average molecular weight is 188 g/mol. The maximum atomic E-state index is 11.5. The van der Waals surface area contributed by atoms with Gasteiger partial charge in [-0.15, -0.1) is 0 Å². The van der Waals surface area contributed by atoms with Crippen LogP contribution in [-0.4, -0.2) is 5.78 Å². The van der Waals surface area contributed by atoms with Crippen molar-refractivity contribution < 1.29 is 4.79 Å². The number of ketones is 1. The molecule has 0 bridgehead atoms. The number of nitriles is 2. The number of nitrogens with zero attached hydrogens (tertiary/aromatic N) is 2. The zero-order valence-corrected chi connectivity index (χ0v) is 8.59. The molecule has 0 radical (unpaired) electrons. The highest BCUT2D eigenvalue weighted by molar-refractivity contribution is 6.01. The summed E-state index contributed by atoms with van der Waals surface area (Å²) >= 11 is 0. The molecule has 0 aromatic heterocycles. The van der Waals surface area contributed by atoms with E-state index >= 15 is 0 Å². The quantitative estimate of drug-likeness (QED) is 0.583. The van der Waals surface area contributed by atoms with Crippen LogP contribution in [0.3, 0.4) is 0 Å². The van der Waals surface area contributed by atoms with Crippen molar-refractivity contribution in [3.05, 3.63) is 11.1 Å². The van der Waals surface area contributed by atoms with Crippen LogP contribution in [0, 0.1) is 34.0 Å². The topological polar surface area (TPSA) is 64.7 Å². The largest absolute Gasteiger partial charge is 0.293 e. The van der Waals surface area contributed by atoms with Crippen molar-refractivity contribution in [3.63, 3.8) is 0 Å². The second kappa shape index (κ2) is 3.27. The molecule has 0 aromatic carbocycles. The molecular formula is C11H12N2O. The fourth-order valence-electron chi connectivity index (χ4n) is 1.98. The summed E-state index contributed by atoms with van der Waals surface area (Å²) in [5.74, 6) is -0.462. The van der Waals surface area contributed by atoms with Crippen molar-refractivity contribution in [2.45, 2.75) is 27.2 Å². The minimum absolute atomic E-state index is 0.137. The second-order valence-electron chi connectivity index (χ2n) is 4.32. The third-order valence-electron chi connectivity index (χ3n) is 2.74. The van der Waals surface area contributed by atoms with Crippen molar-refractivity contribution >= 4 is 5.78 Å². The summed E-state index contributed by atoms with van der Waals surface area (Å²) in [6.07, 6.45) is 0.283. The van der Waals surface area contributed by atoms with Gasteiger partial charge in [0.15, 0.2) is 5.78 Å². The van der Waals surface area contributed by atoms with Crippen molar-refractivity contribution in [1.29, 1.82) is 10.5 Å². The third kappa shape index (κ3) is 1.42. The Morgan fingerprint density at radius 1 is 1.43 bits per heavy atom. The van der Waals surface area contributed by atoms with Gasteiger partial charge in [-0.25, -0.2) is 0 Å². The van der Waals surface area contributed by atoms with Crippen LogP contribution in [0.4, 0.5) is 0 Å². The van der Waals surface area contributed by atoms with Gasteiger partial charge < -0.3 is 0 Å². The van der Waals surface area contributed by atoms with Crippen LogP contribution in [0.5, 0.6) is 0 Å². The van der Waals surface area contributed by atoms with Gasteiger partial charge in [0.1, 0.15) is 6.07 Å². The highest BCUT2D eigenvalue weighted by Gasteiger charge is 2.40. The van der Waals surface area contributed by atoms with Crippen molar-refractivity contribution in [2.24, 2.45) is 11.3 Å². The molecule has 0 fully saturated rings. The molecule has 1 atom stereocenters. The standard InChI is InChI=1S/C11H12N2O/c1-7-8(5-12)10(14)4-11(2,3)9(7)6-13/h9H,4H2,1-3H3. The molecule has 0 N–H and O–H groups in total. The Balaban J connectivity index is 3.32. The van der Waals surface area contributed by atoms with Gasteiger partial charge in [0.2, 0.25) is 0 Å². The van der Waals surface area contributed by atoms with Crippen molar-refractivity contribution in [3.8, 4) is 12.1 Å². The lowest BCUT2D eigenvalue weighted by molar-refractivity contribution is -0.118. The summed E-state index contributed by atoms with van der Waals surface area (Å²) in [4.78, 5) is 11.5. The van der Waals surface area contributed by atoms with E-state index in [2.05, 4.69) is 6.07 Å². The lowest BCUT2D eigenvalue weighted by Crippen LogP contribution is -2.33. The first-order valence-electron chi connectivity index (χ1n) is 4.47. The maximum absolute atomic E-state index is 11.5. The Labute approximate surface area is 83.6 Å². The van der Waals surface area contributed by atoms with Crippen LogP contribution < -0.4 is 0 Å². The summed E-state index contributed by atoms with van der Waals surface area (Å²) in [6.45, 7) is 5.47. The molecule has 72 valence electrons. The van der Waals surface area contributed by atoms with Gasteiger partial charge in [0, 0.05) is 6.42 Å². The highest BCUT2D eigenvalue weighted by Crippen LogP contribution is 2.41. The van der Waals surface area contributed by atoms with Crippen molar-refractivity contribution in [2.75, 3.05) is 0 Å². The van der Waals surface area contributed by atoms with Gasteiger partial charge in [-0.05, 0) is 17.9 Å². The second-order valence-corrected chi connectivity index (χ2v) is 4.32. The van der Waals surface area contributed by atoms with E-state index in [0.717, 1.165) is 0 Å². The normalized spacial score (nSPS) is 25.5. The number of hydrogen-bond donors (Lipinski definition) is 0. The summed E-state index contributed by atoms with van der Waals surface area (Å²) in [6, 6.07) is 4.05. The van der Waals surface area contributed by atoms with Crippen LogP contribution in [0.25, 0.3) is 0 Å². The van der Waals surface area contributed by atoms with Gasteiger partial charge >= 0.3 is 0 Å². The predicted octanol–water partition coefficient (Wildman–Crippen LogP) is 1.97. The Morgan fingerprint density at radius 2 is 2.00 bits per heavy atom. The Kier molecular flexibility index (Phi) is 2.45. The van der Waals surface area contributed by atoms with E-state index in [-0.39, 0.29) is 29.1 Å². The van der Waals surface area contributed by atoms with E-state index in [1.165, 1.54) is 0 Å². The molecule has 0 aromatic rings. The maximum Gasteiger partial charge on any atom is 0.173 e. The monoisotopic (exact) mass is 188 g/mol. The van der Waals surface area contributed by atoms with Gasteiger partial charge in [-0.3, -0.25) is 4.79 Å². The van der Waals surface area contributed by atoms with E-state index in [9.17, 15) is 4.79 Å². The minimum Gasteiger partial charge on any atom is -0.293 e. The first kappa shape index (κ1) is 10.5. The van der Waals surface area contributed by atoms with E-state index in [4.69, 9.17) is 10.5 Å². The minimum atomic E-state index is -0.351. The Hall–Kier alpha value is -1.61. The SMILES string of the molecule is CC1=C(C#N)C(=O)CC(C)(C)C1C#N. The van der Waals surface area contributed by atoms with E-state index in [0.29, 0.717) is 5.57 Å². The van der Waals surface area contributed by atoms with Crippen LogP contribution in [-0.2, 0) is 4.79 Å². The van der Waals surface area contributed by atoms with Crippen LogP contribution in [0.1, 0.15) is 27.2 Å². The summed E-state index contributed by atoms with van der Waals surface area (Å²) in [5.41, 5.74) is 0.447. The fourth-order valence-corrected chi connectivity index (χ4v) is 1.98. The molecule has 0 saturated carbocycles. The Bertz CT molecular complexity index is 390. The van der Waals surface area contributed by atoms with E-state index in [1.807, 2.05) is 19.9 Å². The summed E-state index contributed by atoms with van der Waals surface area (Å²) in [5, 5.41) is 17.8. The zero-order chi connectivity index (χ0) is 10.9. The summed E-state index contributed by atoms with van der Waals surface area (Å²) in [7, 11) is 0. The average Bonchev–Trinajstić information content (AvgIpc) is 2.02. The number of carbonyl (C=O) groups is 1. The van der Waals surface area contributed by atoms with Gasteiger partial charge in [-0.2, -0.15) is 10.5 Å². The molecule has 0 amide bonds. The molecule has 0 aliphatic heterocycles. The first-order valence-corrected chi connectivity index (χ1v) is 4.47. The molecule has 3 nitrogen and oxygen atoms in total. The molecule has 1 aliphatic carbocycles.